The van der Waals surface area contributed by atoms with Crippen molar-refractivity contribution in [2.24, 2.45) is 0 Å². The van der Waals surface area contributed by atoms with Gasteiger partial charge in [-0.15, -0.1) is 0 Å². The minimum absolute atomic E-state index is 0.192. The third-order valence-electron chi connectivity index (χ3n) is 8.15. The lowest BCUT2D eigenvalue weighted by atomic mass is 9.87. The van der Waals surface area contributed by atoms with Crippen LogP contribution < -0.4 is 10.1 Å². The molecule has 3 aliphatic rings. The highest BCUT2D eigenvalue weighted by Crippen LogP contribution is 2.39. The number of carboxylic acid groups (broad SMARTS) is 1. The number of benzene rings is 2. The first-order chi connectivity index (χ1) is 18.6. The second-order valence-corrected chi connectivity index (χ2v) is 10.9. The van der Waals surface area contributed by atoms with Crippen LogP contribution in [0.1, 0.15) is 74.6 Å². The smallest absolute Gasteiger partial charge is 0.490 e. The van der Waals surface area contributed by atoms with E-state index >= 15 is 0 Å². The van der Waals surface area contributed by atoms with Gasteiger partial charge >= 0.3 is 12.1 Å². The van der Waals surface area contributed by atoms with Gasteiger partial charge in [-0.2, -0.15) is 13.2 Å². The lowest BCUT2D eigenvalue weighted by Gasteiger charge is -2.41. The van der Waals surface area contributed by atoms with E-state index in [4.69, 9.17) is 14.6 Å². The average Bonchev–Trinajstić information content (AvgIpc) is 3.45. The Morgan fingerprint density at radius 2 is 1.74 bits per heavy atom. The average molecular weight is 549 g/mol. The van der Waals surface area contributed by atoms with Gasteiger partial charge in [0.1, 0.15) is 17.6 Å². The second kappa shape index (κ2) is 13.0. The molecule has 1 aliphatic carbocycles. The molecule has 214 valence electrons. The first-order valence-corrected chi connectivity index (χ1v) is 14.0. The second-order valence-electron chi connectivity index (χ2n) is 10.9. The number of halogens is 3. The molecule has 0 radical (unpaired) electrons. The van der Waals surface area contributed by atoms with Gasteiger partial charge in [0.2, 0.25) is 0 Å². The molecule has 3 N–H and O–H groups in total. The van der Waals surface area contributed by atoms with Crippen molar-refractivity contribution in [2.45, 2.75) is 95.1 Å². The van der Waals surface area contributed by atoms with Crippen molar-refractivity contribution in [1.29, 1.82) is 0 Å². The summed E-state index contributed by atoms with van der Waals surface area (Å²) in [5, 5.41) is 20.7. The molecule has 0 amide bonds. The maximum Gasteiger partial charge on any atom is 0.490 e. The van der Waals surface area contributed by atoms with Crippen molar-refractivity contribution in [3.8, 4) is 11.5 Å². The van der Waals surface area contributed by atoms with Gasteiger partial charge < -0.3 is 20.3 Å². The highest BCUT2D eigenvalue weighted by Gasteiger charge is 2.38. The minimum atomic E-state index is -5.08. The number of nitrogens with one attached hydrogen (secondary N) is 1. The third-order valence-corrected chi connectivity index (χ3v) is 8.15. The summed E-state index contributed by atoms with van der Waals surface area (Å²) in [5.74, 6) is -1.40. The number of alkyl halides is 3. The Morgan fingerprint density at radius 3 is 2.36 bits per heavy atom. The number of rotatable bonds is 6. The summed E-state index contributed by atoms with van der Waals surface area (Å²) in [6, 6.07) is 16.3. The van der Waals surface area contributed by atoms with E-state index in [-0.39, 0.29) is 6.10 Å². The number of piperidine rings is 1. The SMILES string of the molecule is CC(Oc1ccc(CC2c3ccc(O)cc3CCN2C2CCCC2)cc1)C1CCCCN1.O=C(O)C(F)(F)F. The first kappa shape index (κ1) is 29.2. The number of aromatic hydroxyl groups is 1. The zero-order chi connectivity index (χ0) is 28.0. The van der Waals surface area contributed by atoms with Gasteiger partial charge in [-0.25, -0.2) is 4.79 Å². The van der Waals surface area contributed by atoms with Crippen LogP contribution in [0.5, 0.6) is 11.5 Å². The van der Waals surface area contributed by atoms with Gasteiger partial charge in [-0.3, -0.25) is 4.90 Å². The van der Waals surface area contributed by atoms with E-state index in [1.165, 1.54) is 61.6 Å². The molecule has 3 unspecified atom stereocenters. The summed E-state index contributed by atoms with van der Waals surface area (Å²) in [6.07, 6.45) is 6.29. The number of ether oxygens (including phenoxy) is 1. The molecule has 1 saturated heterocycles. The molecule has 1 saturated carbocycles. The molecular weight excluding hydrogens is 509 g/mol. The Hall–Kier alpha value is -2.78. The molecule has 3 atom stereocenters. The maximum atomic E-state index is 10.6. The molecule has 0 aromatic heterocycles. The third kappa shape index (κ3) is 7.88. The van der Waals surface area contributed by atoms with E-state index in [2.05, 4.69) is 47.5 Å². The zero-order valence-electron chi connectivity index (χ0n) is 22.4. The van der Waals surface area contributed by atoms with Crippen LogP contribution in [0.2, 0.25) is 0 Å². The zero-order valence-corrected chi connectivity index (χ0v) is 22.4. The van der Waals surface area contributed by atoms with Crippen molar-refractivity contribution in [1.82, 2.24) is 10.2 Å². The Bertz CT molecular complexity index is 1080. The van der Waals surface area contributed by atoms with Crippen LogP contribution in [0.15, 0.2) is 42.5 Å². The van der Waals surface area contributed by atoms with Gasteiger partial charge in [0, 0.05) is 24.7 Å². The van der Waals surface area contributed by atoms with E-state index in [1.807, 2.05) is 12.1 Å². The van der Waals surface area contributed by atoms with E-state index in [1.54, 1.807) is 0 Å². The largest absolute Gasteiger partial charge is 0.508 e. The van der Waals surface area contributed by atoms with E-state index < -0.39 is 12.1 Å². The normalized spacial score (nSPS) is 22.9. The lowest BCUT2D eigenvalue weighted by molar-refractivity contribution is -0.192. The van der Waals surface area contributed by atoms with Gasteiger partial charge in [0.05, 0.1) is 0 Å². The van der Waals surface area contributed by atoms with Crippen molar-refractivity contribution in [2.75, 3.05) is 13.1 Å². The summed E-state index contributed by atoms with van der Waals surface area (Å²) in [7, 11) is 0. The molecule has 2 aromatic rings. The quantitative estimate of drug-likeness (QED) is 0.410. The number of phenolic OH excluding ortho intramolecular Hbond substituents is 1. The summed E-state index contributed by atoms with van der Waals surface area (Å²) in [6.45, 7) is 4.39. The van der Waals surface area contributed by atoms with E-state index in [0.29, 0.717) is 23.9 Å². The highest BCUT2D eigenvalue weighted by atomic mass is 19.4. The van der Waals surface area contributed by atoms with Gasteiger partial charge in [0.25, 0.3) is 0 Å². The van der Waals surface area contributed by atoms with Crippen molar-refractivity contribution in [3.63, 3.8) is 0 Å². The molecule has 2 aliphatic heterocycles. The fourth-order valence-corrected chi connectivity index (χ4v) is 6.12. The van der Waals surface area contributed by atoms with E-state index in [9.17, 15) is 18.3 Å². The molecule has 2 aromatic carbocycles. The Kier molecular flexibility index (Phi) is 9.77. The summed E-state index contributed by atoms with van der Waals surface area (Å²) in [5.41, 5.74) is 4.07. The molecule has 0 bridgehead atoms. The highest BCUT2D eigenvalue weighted by molar-refractivity contribution is 5.73. The molecule has 6 nitrogen and oxygen atoms in total. The molecule has 39 heavy (non-hydrogen) atoms. The Labute approximate surface area is 228 Å². The molecule has 2 fully saturated rings. The van der Waals surface area contributed by atoms with Crippen LogP contribution in [-0.2, 0) is 17.6 Å². The summed E-state index contributed by atoms with van der Waals surface area (Å²) in [4.78, 5) is 11.7. The van der Waals surface area contributed by atoms with Gasteiger partial charge in [-0.1, -0.05) is 37.5 Å². The Balaban J connectivity index is 0.000000448. The summed E-state index contributed by atoms with van der Waals surface area (Å²) >= 11 is 0. The van der Waals surface area contributed by atoms with Crippen LogP contribution in [0.4, 0.5) is 13.2 Å². The molecule has 2 heterocycles. The molecule has 9 heteroatoms. The van der Waals surface area contributed by atoms with Crippen molar-refractivity contribution >= 4 is 5.97 Å². The monoisotopic (exact) mass is 548 g/mol. The molecular formula is C30H39F3N2O4. The number of hydrogen-bond donors (Lipinski definition) is 3. The predicted octanol–water partition coefficient (Wildman–Crippen LogP) is 6.02. The summed E-state index contributed by atoms with van der Waals surface area (Å²) < 4.78 is 38.0. The first-order valence-electron chi connectivity index (χ1n) is 14.0. The van der Waals surface area contributed by atoms with E-state index in [0.717, 1.165) is 31.7 Å². The van der Waals surface area contributed by atoms with Crippen LogP contribution in [-0.4, -0.2) is 58.5 Å². The maximum absolute atomic E-state index is 10.6. The topological polar surface area (TPSA) is 82.0 Å². The number of phenols is 1. The lowest BCUT2D eigenvalue weighted by Crippen LogP contribution is -2.44. The van der Waals surface area contributed by atoms with Gasteiger partial charge in [0.15, 0.2) is 0 Å². The fourth-order valence-electron chi connectivity index (χ4n) is 6.12. The number of aliphatic carboxylic acids is 1. The number of fused-ring (bicyclic) bond motifs is 1. The number of carbonyl (C=O) groups is 1. The number of nitrogens with zero attached hydrogens (tertiary/aromatic N) is 1. The number of hydrogen-bond acceptors (Lipinski definition) is 5. The molecule has 5 rings (SSSR count). The standard InChI is InChI=1S/C28H38N2O2.C2HF3O2/c1-20(27-8-4-5-16-29-27)32-25-12-9-21(10-13-25)18-28-26-14-11-24(31)19-22(26)15-17-30(28)23-6-2-3-7-23;3-2(4,5)1(6)7/h9-14,19-20,23,27-29,31H,2-8,15-18H2,1H3;(H,6,7). The van der Waals surface area contributed by atoms with Crippen LogP contribution in [0.25, 0.3) is 0 Å². The molecule has 0 spiro atoms. The predicted molar refractivity (Wildman–Crippen MR) is 143 cm³/mol. The van der Waals surface area contributed by atoms with Crippen LogP contribution >= 0.6 is 0 Å². The minimum Gasteiger partial charge on any atom is -0.508 e. The fraction of sp³-hybridized carbons (Fsp3) is 0.567. The van der Waals surface area contributed by atoms with Crippen LogP contribution in [0.3, 0.4) is 0 Å². The van der Waals surface area contributed by atoms with Crippen molar-refractivity contribution in [3.05, 3.63) is 59.2 Å². The van der Waals surface area contributed by atoms with Gasteiger partial charge in [-0.05, 0) is 92.9 Å². The Morgan fingerprint density at radius 1 is 1.08 bits per heavy atom. The number of carboxylic acids is 1. The van der Waals surface area contributed by atoms with Crippen LogP contribution in [0, 0.1) is 0 Å². The van der Waals surface area contributed by atoms with Crippen molar-refractivity contribution < 1.29 is 32.9 Å².